The summed E-state index contributed by atoms with van der Waals surface area (Å²) in [5.41, 5.74) is 0.690. The molecular formula is C28H43NO4. The predicted molar refractivity (Wildman–Crippen MR) is 126 cm³/mol. The fourth-order valence-corrected chi connectivity index (χ4v) is 9.49. The summed E-state index contributed by atoms with van der Waals surface area (Å²) in [7, 11) is 0. The first-order valence-corrected chi connectivity index (χ1v) is 13.7. The van der Waals surface area contributed by atoms with Crippen molar-refractivity contribution in [3.8, 4) is 0 Å². The topological polar surface area (TPSA) is 72.5 Å². The normalized spacial score (nSPS) is 46.6. The zero-order valence-corrected chi connectivity index (χ0v) is 20.9. The lowest BCUT2D eigenvalue weighted by atomic mass is 9.44. The smallest absolute Gasteiger partial charge is 0.328 e. The lowest BCUT2D eigenvalue weighted by Gasteiger charge is -2.61. The minimum absolute atomic E-state index is 0.0448. The van der Waals surface area contributed by atoms with Crippen molar-refractivity contribution < 1.29 is 19.1 Å². The van der Waals surface area contributed by atoms with Gasteiger partial charge in [-0.15, -0.1) is 0 Å². The van der Waals surface area contributed by atoms with Crippen LogP contribution in [0.25, 0.3) is 0 Å². The highest BCUT2D eigenvalue weighted by molar-refractivity contribution is 5.88. The van der Waals surface area contributed by atoms with Crippen molar-refractivity contribution in [2.24, 2.45) is 46.3 Å². The Morgan fingerprint density at radius 3 is 2.45 bits per heavy atom. The number of ether oxygens (including phenoxy) is 1. The van der Waals surface area contributed by atoms with Crippen molar-refractivity contribution in [2.75, 3.05) is 6.61 Å². The maximum atomic E-state index is 12.4. The highest BCUT2D eigenvalue weighted by Crippen LogP contribution is 2.67. The zero-order valence-electron chi connectivity index (χ0n) is 20.9. The van der Waals surface area contributed by atoms with Gasteiger partial charge in [0.2, 0.25) is 5.91 Å². The number of carbonyl (C=O) groups excluding carboxylic acids is 3. The van der Waals surface area contributed by atoms with Crippen LogP contribution in [-0.2, 0) is 19.1 Å². The third-order valence-electron chi connectivity index (χ3n) is 11.3. The molecule has 33 heavy (non-hydrogen) atoms. The summed E-state index contributed by atoms with van der Waals surface area (Å²) in [6.45, 7) is 7.34. The van der Waals surface area contributed by atoms with Crippen LogP contribution in [0.3, 0.4) is 0 Å². The van der Waals surface area contributed by atoms with E-state index in [0.717, 1.165) is 36.5 Å². The average molecular weight is 458 g/mol. The summed E-state index contributed by atoms with van der Waals surface area (Å²) in [5, 5.41) is 2.71. The van der Waals surface area contributed by atoms with Crippen LogP contribution < -0.4 is 5.32 Å². The fraction of sp³-hybridized carbons (Fsp3) is 0.893. The van der Waals surface area contributed by atoms with Crippen LogP contribution in [0.1, 0.15) is 97.8 Å². The summed E-state index contributed by atoms with van der Waals surface area (Å²) < 4.78 is 5.53. The molecule has 0 aromatic heterocycles. The molecule has 0 aromatic carbocycles. The first kappa shape index (κ1) is 23.4. The van der Waals surface area contributed by atoms with Gasteiger partial charge in [0.25, 0.3) is 0 Å². The van der Waals surface area contributed by atoms with Crippen molar-refractivity contribution in [2.45, 2.75) is 104 Å². The first-order chi connectivity index (χ1) is 15.7. The van der Waals surface area contributed by atoms with Crippen molar-refractivity contribution in [3.63, 3.8) is 0 Å². The number of esters is 1. The number of rotatable bonds is 5. The molecule has 1 heterocycles. The van der Waals surface area contributed by atoms with Crippen molar-refractivity contribution >= 4 is 17.7 Å². The molecule has 5 heteroatoms. The Hall–Kier alpha value is -1.39. The van der Waals surface area contributed by atoms with Crippen LogP contribution in [0.2, 0.25) is 0 Å². The standard InChI is InChI=1S/C28H43NO4/c1-17(30)21-6-7-22-20-5-4-19-16-18(12-15-33-26(32)24-8-9-25(31)29-24)10-13-27(19,2)23(20)11-14-28(21,22)3/h18-24H,4-16H2,1-3H3,(H,29,31)/t18-,19+,20-,21+,22-,23-,24?,27-,28+/m0/s1. The van der Waals surface area contributed by atoms with Gasteiger partial charge in [0.1, 0.15) is 11.8 Å². The van der Waals surface area contributed by atoms with E-state index in [1.807, 2.05) is 6.92 Å². The van der Waals surface area contributed by atoms with Crippen LogP contribution >= 0.6 is 0 Å². The molecule has 0 radical (unpaired) electrons. The van der Waals surface area contributed by atoms with E-state index in [1.54, 1.807) is 0 Å². The fourth-order valence-electron chi connectivity index (χ4n) is 9.49. The Bertz CT molecular complexity index is 810. The molecule has 184 valence electrons. The van der Waals surface area contributed by atoms with E-state index < -0.39 is 6.04 Å². The maximum absolute atomic E-state index is 12.4. The van der Waals surface area contributed by atoms with E-state index in [2.05, 4.69) is 19.2 Å². The molecule has 5 aliphatic rings. The first-order valence-electron chi connectivity index (χ1n) is 13.7. The Morgan fingerprint density at radius 1 is 0.970 bits per heavy atom. The van der Waals surface area contributed by atoms with Gasteiger partial charge < -0.3 is 10.1 Å². The summed E-state index contributed by atoms with van der Waals surface area (Å²) in [4.78, 5) is 35.9. The Labute approximate surface area is 199 Å². The molecule has 5 fully saturated rings. The van der Waals surface area contributed by atoms with Crippen LogP contribution in [0.4, 0.5) is 0 Å². The van der Waals surface area contributed by atoms with E-state index in [1.165, 1.54) is 51.4 Å². The molecule has 0 spiro atoms. The van der Waals surface area contributed by atoms with Gasteiger partial charge in [0, 0.05) is 12.3 Å². The molecule has 1 saturated heterocycles. The van der Waals surface area contributed by atoms with Crippen LogP contribution in [0, 0.1) is 46.3 Å². The van der Waals surface area contributed by atoms with Crippen molar-refractivity contribution in [3.05, 3.63) is 0 Å². The second-order valence-corrected chi connectivity index (χ2v) is 12.7. The molecule has 5 rings (SSSR count). The molecule has 1 aliphatic heterocycles. The Kier molecular flexibility index (Phi) is 6.14. The molecule has 0 aromatic rings. The summed E-state index contributed by atoms with van der Waals surface area (Å²) in [6, 6.07) is -0.433. The van der Waals surface area contributed by atoms with Gasteiger partial charge in [-0.2, -0.15) is 0 Å². The van der Waals surface area contributed by atoms with Crippen LogP contribution in [0.5, 0.6) is 0 Å². The summed E-state index contributed by atoms with van der Waals surface area (Å²) in [6.07, 6.45) is 13.4. The number of hydrogen-bond donors (Lipinski definition) is 1. The van der Waals surface area contributed by atoms with Crippen molar-refractivity contribution in [1.82, 2.24) is 5.32 Å². The van der Waals surface area contributed by atoms with E-state index in [0.29, 0.717) is 42.5 Å². The van der Waals surface area contributed by atoms with Gasteiger partial charge in [-0.1, -0.05) is 13.8 Å². The number of carbonyl (C=O) groups is 3. The minimum Gasteiger partial charge on any atom is -0.464 e. The average Bonchev–Trinajstić information content (AvgIpc) is 3.36. The highest BCUT2D eigenvalue weighted by atomic mass is 16.5. The van der Waals surface area contributed by atoms with E-state index >= 15 is 0 Å². The Balaban J connectivity index is 1.17. The molecule has 4 saturated carbocycles. The second-order valence-electron chi connectivity index (χ2n) is 12.7. The molecule has 1 amide bonds. The largest absolute Gasteiger partial charge is 0.464 e. The van der Waals surface area contributed by atoms with Gasteiger partial charge >= 0.3 is 5.97 Å². The molecule has 9 atom stereocenters. The lowest BCUT2D eigenvalue weighted by Crippen LogP contribution is -2.53. The third kappa shape index (κ3) is 3.95. The third-order valence-corrected chi connectivity index (χ3v) is 11.3. The zero-order chi connectivity index (χ0) is 23.4. The lowest BCUT2D eigenvalue weighted by molar-refractivity contribution is -0.148. The summed E-state index contributed by atoms with van der Waals surface area (Å²) in [5.74, 6) is 4.24. The highest BCUT2D eigenvalue weighted by Gasteiger charge is 2.60. The van der Waals surface area contributed by atoms with Gasteiger partial charge in [-0.05, 0) is 118 Å². The molecule has 1 N–H and O–H groups in total. The predicted octanol–water partition coefficient (Wildman–Crippen LogP) is 5.06. The number of ketones is 1. The minimum atomic E-state index is -0.433. The van der Waals surface area contributed by atoms with E-state index in [-0.39, 0.29) is 17.3 Å². The SMILES string of the molecule is CC(=O)[C@H]1CC[C@H]2[C@@H]3CC[C@@H]4C[C@H](CCOC(=O)C5CCC(=O)N5)CC[C@]4(C)[C@H]3CC[C@]12C. The van der Waals surface area contributed by atoms with Gasteiger partial charge in [-0.3, -0.25) is 9.59 Å². The number of amides is 1. The number of hydrogen-bond acceptors (Lipinski definition) is 4. The number of fused-ring (bicyclic) bond motifs is 5. The summed E-state index contributed by atoms with van der Waals surface area (Å²) >= 11 is 0. The molecule has 5 nitrogen and oxygen atoms in total. The quantitative estimate of drug-likeness (QED) is 0.586. The van der Waals surface area contributed by atoms with Crippen molar-refractivity contribution in [1.29, 1.82) is 0 Å². The number of nitrogens with one attached hydrogen (secondary N) is 1. The van der Waals surface area contributed by atoms with E-state index in [4.69, 9.17) is 4.74 Å². The van der Waals surface area contributed by atoms with E-state index in [9.17, 15) is 14.4 Å². The molecular weight excluding hydrogens is 414 g/mol. The van der Waals surface area contributed by atoms with Gasteiger partial charge in [0.15, 0.2) is 0 Å². The molecule has 4 aliphatic carbocycles. The number of Topliss-reactive ketones (excluding diaryl/α,β-unsaturated/α-hetero) is 1. The maximum Gasteiger partial charge on any atom is 0.328 e. The molecule has 0 bridgehead atoms. The van der Waals surface area contributed by atoms with Gasteiger partial charge in [0.05, 0.1) is 6.61 Å². The van der Waals surface area contributed by atoms with Crippen LogP contribution in [0.15, 0.2) is 0 Å². The van der Waals surface area contributed by atoms with Gasteiger partial charge in [-0.25, -0.2) is 4.79 Å². The molecule has 1 unspecified atom stereocenters. The monoisotopic (exact) mass is 457 g/mol. The second kappa shape index (κ2) is 8.68. The van der Waals surface area contributed by atoms with Crippen LogP contribution in [-0.4, -0.2) is 30.3 Å². The Morgan fingerprint density at radius 2 is 1.73 bits per heavy atom.